The van der Waals surface area contributed by atoms with Gasteiger partial charge in [-0.1, -0.05) is 49.1 Å². The molecule has 1 aromatic rings. The number of nitrogens with one attached hydrogen (secondary N) is 1. The molecule has 2 aliphatic rings. The largest absolute Gasteiger partial charge is 0.379 e. The fourth-order valence-electron chi connectivity index (χ4n) is 3.88. The van der Waals surface area contributed by atoms with E-state index in [1.807, 2.05) is 0 Å². The van der Waals surface area contributed by atoms with Gasteiger partial charge in [-0.05, 0) is 25.3 Å². The second-order valence-corrected chi connectivity index (χ2v) is 7.28. The van der Waals surface area contributed by atoms with E-state index in [2.05, 4.69) is 41.4 Å². The number of rotatable bonds is 5. The summed E-state index contributed by atoms with van der Waals surface area (Å²) in [6.45, 7) is 6.31. The number of ether oxygens (including phenoxy) is 1. The third-order valence-electron chi connectivity index (χ3n) is 5.31. The average molecular weight is 472 g/mol. The van der Waals surface area contributed by atoms with Crippen molar-refractivity contribution in [3.63, 3.8) is 0 Å². The van der Waals surface area contributed by atoms with Crippen LogP contribution in [0.3, 0.4) is 0 Å². The zero-order chi connectivity index (χ0) is 17.5. The molecule has 5 nitrogen and oxygen atoms in total. The predicted octanol–water partition coefficient (Wildman–Crippen LogP) is 3.22. The van der Waals surface area contributed by atoms with Gasteiger partial charge in [0.15, 0.2) is 5.96 Å². The Morgan fingerprint density at radius 1 is 1.27 bits per heavy atom. The van der Waals surface area contributed by atoms with Gasteiger partial charge in [0.2, 0.25) is 0 Å². The standard InChI is InChI=1S/C20H32N4O.HI/c1-16-6-5-7-17(14-16)19(24-10-12-25-13-11-24)15-22-20(21)23-18-8-3-2-4-9-18;/h5-7,14,18-19H,2-4,8-13,15H2,1H3,(H3,21,22,23);1H. The maximum atomic E-state index is 6.19. The average Bonchev–Trinajstić information content (AvgIpc) is 2.64. The minimum absolute atomic E-state index is 0. The first kappa shape index (κ1) is 21.4. The van der Waals surface area contributed by atoms with Gasteiger partial charge in [0.1, 0.15) is 0 Å². The third-order valence-corrected chi connectivity index (χ3v) is 5.31. The summed E-state index contributed by atoms with van der Waals surface area (Å²) in [5.74, 6) is 0.595. The number of benzene rings is 1. The van der Waals surface area contributed by atoms with E-state index in [1.54, 1.807) is 0 Å². The minimum Gasteiger partial charge on any atom is -0.379 e. The van der Waals surface area contributed by atoms with Gasteiger partial charge in [-0.3, -0.25) is 9.89 Å². The molecule has 1 aromatic carbocycles. The van der Waals surface area contributed by atoms with Crippen LogP contribution in [0.4, 0.5) is 0 Å². The highest BCUT2D eigenvalue weighted by Crippen LogP contribution is 2.23. The Hall–Kier alpha value is -0.860. The number of aliphatic imine (C=N–C) groups is 1. The van der Waals surface area contributed by atoms with E-state index in [0.29, 0.717) is 18.5 Å². The summed E-state index contributed by atoms with van der Waals surface area (Å²) >= 11 is 0. The summed E-state index contributed by atoms with van der Waals surface area (Å²) in [4.78, 5) is 7.17. The molecule has 1 saturated carbocycles. The van der Waals surface area contributed by atoms with Crippen molar-refractivity contribution in [1.29, 1.82) is 0 Å². The molecule has 26 heavy (non-hydrogen) atoms. The molecule has 146 valence electrons. The normalized spacial score (nSPS) is 21.0. The molecule has 1 atom stereocenters. The summed E-state index contributed by atoms with van der Waals surface area (Å²) in [6.07, 6.45) is 6.36. The van der Waals surface area contributed by atoms with Crippen LogP contribution < -0.4 is 11.1 Å². The zero-order valence-electron chi connectivity index (χ0n) is 15.8. The van der Waals surface area contributed by atoms with Crippen molar-refractivity contribution in [2.45, 2.75) is 51.1 Å². The highest BCUT2D eigenvalue weighted by molar-refractivity contribution is 14.0. The molecule has 1 heterocycles. The van der Waals surface area contributed by atoms with Gasteiger partial charge in [-0.2, -0.15) is 0 Å². The van der Waals surface area contributed by atoms with Crippen molar-refractivity contribution in [3.05, 3.63) is 35.4 Å². The second kappa shape index (κ2) is 11.1. The van der Waals surface area contributed by atoms with Crippen molar-refractivity contribution < 1.29 is 4.74 Å². The topological polar surface area (TPSA) is 62.9 Å². The molecule has 0 radical (unpaired) electrons. The molecule has 1 unspecified atom stereocenters. The predicted molar refractivity (Wildman–Crippen MR) is 118 cm³/mol. The van der Waals surface area contributed by atoms with Crippen LogP contribution in [0.1, 0.15) is 49.3 Å². The quantitative estimate of drug-likeness (QED) is 0.393. The van der Waals surface area contributed by atoms with Gasteiger partial charge in [0.25, 0.3) is 0 Å². The fraction of sp³-hybridized carbons (Fsp3) is 0.650. The Labute approximate surface area is 174 Å². The van der Waals surface area contributed by atoms with Crippen LogP contribution in [-0.4, -0.2) is 49.7 Å². The minimum atomic E-state index is 0. The van der Waals surface area contributed by atoms with E-state index in [-0.39, 0.29) is 30.0 Å². The number of aryl methyl sites for hydroxylation is 1. The Kier molecular flexibility index (Phi) is 9.15. The molecule has 0 spiro atoms. The van der Waals surface area contributed by atoms with Crippen LogP contribution in [0.15, 0.2) is 29.3 Å². The van der Waals surface area contributed by atoms with E-state index in [4.69, 9.17) is 15.5 Å². The number of hydrogen-bond acceptors (Lipinski definition) is 3. The Morgan fingerprint density at radius 2 is 2.00 bits per heavy atom. The Morgan fingerprint density at radius 3 is 2.69 bits per heavy atom. The molecular formula is C20H33IN4O. The summed E-state index contributed by atoms with van der Waals surface area (Å²) in [6, 6.07) is 9.50. The zero-order valence-corrected chi connectivity index (χ0v) is 18.2. The second-order valence-electron chi connectivity index (χ2n) is 7.28. The molecule has 2 fully saturated rings. The number of guanidine groups is 1. The monoisotopic (exact) mass is 472 g/mol. The maximum Gasteiger partial charge on any atom is 0.188 e. The first-order valence-corrected chi connectivity index (χ1v) is 9.67. The fourth-order valence-corrected chi connectivity index (χ4v) is 3.88. The van der Waals surface area contributed by atoms with E-state index < -0.39 is 0 Å². The van der Waals surface area contributed by atoms with Crippen LogP contribution in [0, 0.1) is 6.92 Å². The maximum absolute atomic E-state index is 6.19. The van der Waals surface area contributed by atoms with Crippen LogP contribution in [-0.2, 0) is 4.74 Å². The summed E-state index contributed by atoms with van der Waals surface area (Å²) < 4.78 is 5.52. The smallest absolute Gasteiger partial charge is 0.188 e. The Balaban J connectivity index is 0.00000243. The van der Waals surface area contributed by atoms with Gasteiger partial charge < -0.3 is 15.8 Å². The summed E-state index contributed by atoms with van der Waals surface area (Å²) in [7, 11) is 0. The third kappa shape index (κ3) is 6.39. The highest BCUT2D eigenvalue weighted by Gasteiger charge is 2.23. The highest BCUT2D eigenvalue weighted by atomic mass is 127. The van der Waals surface area contributed by atoms with Crippen molar-refractivity contribution >= 4 is 29.9 Å². The molecule has 0 amide bonds. The van der Waals surface area contributed by atoms with Gasteiger partial charge in [0, 0.05) is 19.1 Å². The number of morpholine rings is 1. The van der Waals surface area contributed by atoms with Crippen LogP contribution in [0.2, 0.25) is 0 Å². The van der Waals surface area contributed by atoms with Crippen LogP contribution in [0.25, 0.3) is 0 Å². The molecule has 0 aromatic heterocycles. The lowest BCUT2D eigenvalue weighted by molar-refractivity contribution is 0.0179. The molecule has 0 bridgehead atoms. The van der Waals surface area contributed by atoms with Crippen molar-refractivity contribution in [1.82, 2.24) is 10.2 Å². The molecule has 3 rings (SSSR count). The van der Waals surface area contributed by atoms with Gasteiger partial charge >= 0.3 is 0 Å². The van der Waals surface area contributed by atoms with Crippen LogP contribution in [0.5, 0.6) is 0 Å². The van der Waals surface area contributed by atoms with E-state index in [9.17, 15) is 0 Å². The summed E-state index contributed by atoms with van der Waals surface area (Å²) in [5.41, 5.74) is 8.79. The number of nitrogens with zero attached hydrogens (tertiary/aromatic N) is 2. The molecule has 3 N–H and O–H groups in total. The molecule has 1 aliphatic heterocycles. The SMILES string of the molecule is Cc1cccc(C(CN=C(N)NC2CCCCC2)N2CCOCC2)c1.I. The Bertz CT molecular complexity index is 569. The summed E-state index contributed by atoms with van der Waals surface area (Å²) in [5, 5.41) is 3.42. The molecule has 6 heteroatoms. The first-order valence-electron chi connectivity index (χ1n) is 9.67. The molecule has 1 saturated heterocycles. The number of nitrogens with two attached hydrogens (primary N) is 1. The van der Waals surface area contributed by atoms with Crippen molar-refractivity contribution in [2.24, 2.45) is 10.7 Å². The first-order chi connectivity index (χ1) is 12.2. The molecular weight excluding hydrogens is 439 g/mol. The van der Waals surface area contributed by atoms with E-state index in [1.165, 1.54) is 43.2 Å². The van der Waals surface area contributed by atoms with E-state index >= 15 is 0 Å². The number of hydrogen-bond donors (Lipinski definition) is 2. The lowest BCUT2D eigenvalue weighted by atomic mass is 9.96. The number of halogens is 1. The van der Waals surface area contributed by atoms with Gasteiger partial charge in [-0.25, -0.2) is 0 Å². The van der Waals surface area contributed by atoms with Gasteiger partial charge in [0.05, 0.1) is 25.8 Å². The lowest BCUT2D eigenvalue weighted by Crippen LogP contribution is -2.43. The van der Waals surface area contributed by atoms with E-state index in [0.717, 1.165) is 26.3 Å². The molecule has 1 aliphatic carbocycles. The lowest BCUT2D eigenvalue weighted by Gasteiger charge is -2.34. The van der Waals surface area contributed by atoms with Gasteiger partial charge in [-0.15, -0.1) is 24.0 Å². The van der Waals surface area contributed by atoms with Crippen molar-refractivity contribution in [2.75, 3.05) is 32.8 Å². The van der Waals surface area contributed by atoms with Crippen molar-refractivity contribution in [3.8, 4) is 0 Å². The van der Waals surface area contributed by atoms with Crippen LogP contribution >= 0.6 is 24.0 Å².